The highest BCUT2D eigenvalue weighted by atomic mass is 15.3. The fourth-order valence-electron chi connectivity index (χ4n) is 2.89. The molecule has 0 bridgehead atoms. The minimum absolute atomic E-state index is 0.138. The molecule has 3 nitrogen and oxygen atoms in total. The molecule has 3 heteroatoms. The minimum atomic E-state index is 0.138. The SMILES string of the molecule is CCCc1ccc(C(N)CN2CCN(CC)CC2)cc1. The molecule has 112 valence electrons. The van der Waals surface area contributed by atoms with Gasteiger partial charge in [-0.15, -0.1) is 0 Å². The van der Waals surface area contributed by atoms with Gasteiger partial charge < -0.3 is 10.6 Å². The van der Waals surface area contributed by atoms with Gasteiger partial charge in [-0.1, -0.05) is 44.5 Å². The summed E-state index contributed by atoms with van der Waals surface area (Å²) in [5.41, 5.74) is 9.04. The van der Waals surface area contributed by atoms with Gasteiger partial charge in [0.1, 0.15) is 0 Å². The number of aryl methyl sites for hydroxylation is 1. The standard InChI is InChI=1S/C17H29N3/c1-3-5-15-6-8-16(9-7-15)17(18)14-20-12-10-19(4-2)11-13-20/h6-9,17H,3-5,10-14,18H2,1-2H3. The van der Waals surface area contributed by atoms with E-state index in [1.807, 2.05) is 0 Å². The predicted molar refractivity (Wildman–Crippen MR) is 85.9 cm³/mol. The Morgan fingerprint density at radius 3 is 2.15 bits per heavy atom. The molecule has 0 aromatic heterocycles. The summed E-state index contributed by atoms with van der Waals surface area (Å²) in [6.07, 6.45) is 2.36. The fourth-order valence-corrected chi connectivity index (χ4v) is 2.89. The van der Waals surface area contributed by atoms with Crippen LogP contribution in [0, 0.1) is 0 Å². The molecule has 2 N–H and O–H groups in total. The topological polar surface area (TPSA) is 32.5 Å². The highest BCUT2D eigenvalue weighted by Gasteiger charge is 2.18. The molecule has 1 aromatic carbocycles. The number of piperazine rings is 1. The van der Waals surface area contributed by atoms with Crippen molar-refractivity contribution in [2.75, 3.05) is 39.3 Å². The Morgan fingerprint density at radius 1 is 1.00 bits per heavy atom. The van der Waals surface area contributed by atoms with Gasteiger partial charge in [0, 0.05) is 38.8 Å². The van der Waals surface area contributed by atoms with Crippen LogP contribution in [0.25, 0.3) is 0 Å². The lowest BCUT2D eigenvalue weighted by Gasteiger charge is -2.35. The molecule has 2 rings (SSSR count). The zero-order chi connectivity index (χ0) is 14.4. The van der Waals surface area contributed by atoms with Crippen LogP contribution in [0.15, 0.2) is 24.3 Å². The number of benzene rings is 1. The second-order valence-electron chi connectivity index (χ2n) is 5.83. The summed E-state index contributed by atoms with van der Waals surface area (Å²) in [6.45, 7) is 11.3. The molecule has 1 aromatic rings. The quantitative estimate of drug-likeness (QED) is 0.864. The summed E-state index contributed by atoms with van der Waals surface area (Å²) in [6, 6.07) is 9.01. The van der Waals surface area contributed by atoms with Crippen molar-refractivity contribution in [1.29, 1.82) is 0 Å². The zero-order valence-electron chi connectivity index (χ0n) is 13.0. The highest BCUT2D eigenvalue weighted by molar-refractivity contribution is 5.25. The molecule has 0 amide bonds. The van der Waals surface area contributed by atoms with E-state index in [-0.39, 0.29) is 6.04 Å². The van der Waals surface area contributed by atoms with Gasteiger partial charge in [-0.25, -0.2) is 0 Å². The third kappa shape index (κ3) is 4.30. The molecule has 1 heterocycles. The maximum absolute atomic E-state index is 6.36. The first-order chi connectivity index (χ1) is 9.72. The van der Waals surface area contributed by atoms with Crippen LogP contribution in [0.5, 0.6) is 0 Å². The number of hydrogen-bond acceptors (Lipinski definition) is 3. The molecular weight excluding hydrogens is 246 g/mol. The van der Waals surface area contributed by atoms with Gasteiger partial charge in [0.05, 0.1) is 0 Å². The molecule has 1 fully saturated rings. The van der Waals surface area contributed by atoms with E-state index in [1.165, 1.54) is 37.2 Å². The van der Waals surface area contributed by atoms with Gasteiger partial charge >= 0.3 is 0 Å². The zero-order valence-corrected chi connectivity index (χ0v) is 13.0. The summed E-state index contributed by atoms with van der Waals surface area (Å²) in [5.74, 6) is 0. The van der Waals surface area contributed by atoms with E-state index in [9.17, 15) is 0 Å². The number of rotatable bonds is 6. The maximum Gasteiger partial charge on any atom is 0.0424 e. The molecule has 1 atom stereocenters. The highest BCUT2D eigenvalue weighted by Crippen LogP contribution is 2.15. The molecule has 20 heavy (non-hydrogen) atoms. The molecule has 0 spiro atoms. The van der Waals surface area contributed by atoms with Crippen LogP contribution in [-0.2, 0) is 6.42 Å². The van der Waals surface area contributed by atoms with Gasteiger partial charge in [0.2, 0.25) is 0 Å². The van der Waals surface area contributed by atoms with Crippen LogP contribution >= 0.6 is 0 Å². The predicted octanol–water partition coefficient (Wildman–Crippen LogP) is 2.28. The molecule has 0 aliphatic carbocycles. The Morgan fingerprint density at radius 2 is 1.60 bits per heavy atom. The van der Waals surface area contributed by atoms with Gasteiger partial charge in [0.25, 0.3) is 0 Å². The van der Waals surface area contributed by atoms with Crippen molar-refractivity contribution in [3.8, 4) is 0 Å². The molecule has 0 saturated carbocycles. The normalized spacial score (nSPS) is 19.1. The van der Waals surface area contributed by atoms with Crippen LogP contribution in [0.2, 0.25) is 0 Å². The number of likely N-dealkylation sites (N-methyl/N-ethyl adjacent to an activating group) is 1. The molecule has 1 unspecified atom stereocenters. The minimum Gasteiger partial charge on any atom is -0.323 e. The Bertz CT molecular complexity index is 380. The lowest BCUT2D eigenvalue weighted by atomic mass is 10.0. The molecule has 1 aliphatic rings. The lowest BCUT2D eigenvalue weighted by Crippen LogP contribution is -2.48. The van der Waals surface area contributed by atoms with Crippen molar-refractivity contribution in [2.24, 2.45) is 5.73 Å². The van der Waals surface area contributed by atoms with Crippen LogP contribution in [0.1, 0.15) is 37.4 Å². The van der Waals surface area contributed by atoms with Crippen LogP contribution in [0.3, 0.4) is 0 Å². The first kappa shape index (κ1) is 15.5. The molecule has 1 saturated heterocycles. The van der Waals surface area contributed by atoms with Crippen LogP contribution < -0.4 is 5.73 Å². The van der Waals surface area contributed by atoms with Gasteiger partial charge in [0.15, 0.2) is 0 Å². The summed E-state index contributed by atoms with van der Waals surface area (Å²) < 4.78 is 0. The van der Waals surface area contributed by atoms with Gasteiger partial charge in [-0.05, 0) is 24.1 Å². The van der Waals surface area contributed by atoms with Crippen LogP contribution in [0.4, 0.5) is 0 Å². The smallest absolute Gasteiger partial charge is 0.0424 e. The lowest BCUT2D eigenvalue weighted by molar-refractivity contribution is 0.132. The third-order valence-electron chi connectivity index (χ3n) is 4.31. The Balaban J connectivity index is 1.83. The Hall–Kier alpha value is -0.900. The Kier molecular flexibility index (Phi) is 6.02. The second-order valence-corrected chi connectivity index (χ2v) is 5.83. The van der Waals surface area contributed by atoms with Crippen molar-refractivity contribution in [1.82, 2.24) is 9.80 Å². The second kappa shape index (κ2) is 7.77. The van der Waals surface area contributed by atoms with E-state index in [1.54, 1.807) is 0 Å². The van der Waals surface area contributed by atoms with E-state index in [2.05, 4.69) is 47.9 Å². The number of nitrogens with two attached hydrogens (primary N) is 1. The maximum atomic E-state index is 6.36. The third-order valence-corrected chi connectivity index (χ3v) is 4.31. The first-order valence-electron chi connectivity index (χ1n) is 8.02. The van der Waals surface area contributed by atoms with Crippen LogP contribution in [-0.4, -0.2) is 49.1 Å². The van der Waals surface area contributed by atoms with E-state index >= 15 is 0 Å². The van der Waals surface area contributed by atoms with Gasteiger partial charge in [-0.3, -0.25) is 4.90 Å². The molecule has 0 radical (unpaired) electrons. The van der Waals surface area contributed by atoms with Gasteiger partial charge in [-0.2, -0.15) is 0 Å². The van der Waals surface area contributed by atoms with E-state index in [0.29, 0.717) is 0 Å². The van der Waals surface area contributed by atoms with E-state index < -0.39 is 0 Å². The van der Waals surface area contributed by atoms with Crippen molar-refractivity contribution in [2.45, 2.75) is 32.7 Å². The Labute approximate surface area is 123 Å². The number of nitrogens with zero attached hydrogens (tertiary/aromatic N) is 2. The summed E-state index contributed by atoms with van der Waals surface area (Å²) in [7, 11) is 0. The summed E-state index contributed by atoms with van der Waals surface area (Å²) in [4.78, 5) is 5.00. The monoisotopic (exact) mass is 275 g/mol. The summed E-state index contributed by atoms with van der Waals surface area (Å²) >= 11 is 0. The van der Waals surface area contributed by atoms with Crippen molar-refractivity contribution >= 4 is 0 Å². The fraction of sp³-hybridized carbons (Fsp3) is 0.647. The van der Waals surface area contributed by atoms with E-state index in [4.69, 9.17) is 5.73 Å². The number of hydrogen-bond donors (Lipinski definition) is 1. The molecular formula is C17H29N3. The van der Waals surface area contributed by atoms with E-state index in [0.717, 1.165) is 26.1 Å². The van der Waals surface area contributed by atoms with Crippen molar-refractivity contribution in [3.05, 3.63) is 35.4 Å². The van der Waals surface area contributed by atoms with Crippen molar-refractivity contribution in [3.63, 3.8) is 0 Å². The first-order valence-corrected chi connectivity index (χ1v) is 8.02. The summed E-state index contributed by atoms with van der Waals surface area (Å²) in [5, 5.41) is 0. The van der Waals surface area contributed by atoms with Crippen molar-refractivity contribution < 1.29 is 0 Å². The molecule has 1 aliphatic heterocycles. The average molecular weight is 275 g/mol. The largest absolute Gasteiger partial charge is 0.323 e. The average Bonchev–Trinajstić information content (AvgIpc) is 2.49.